The van der Waals surface area contributed by atoms with Gasteiger partial charge in [0.1, 0.15) is 5.82 Å². The Hall–Kier alpha value is -2.11. The number of hydrogen-bond acceptors (Lipinski definition) is 3. The van der Waals surface area contributed by atoms with E-state index in [1.165, 1.54) is 6.07 Å². The van der Waals surface area contributed by atoms with Gasteiger partial charge in [0.15, 0.2) is 5.96 Å². The molecular weight excluding hydrogens is 321 g/mol. The van der Waals surface area contributed by atoms with Gasteiger partial charge in [0, 0.05) is 19.6 Å². The van der Waals surface area contributed by atoms with Gasteiger partial charge in [0.2, 0.25) is 0 Å². The van der Waals surface area contributed by atoms with Crippen LogP contribution in [0.3, 0.4) is 0 Å². The lowest BCUT2D eigenvalue weighted by Crippen LogP contribution is -2.46. The van der Waals surface area contributed by atoms with Crippen molar-refractivity contribution in [3.8, 4) is 0 Å². The van der Waals surface area contributed by atoms with Crippen molar-refractivity contribution in [2.24, 2.45) is 10.9 Å². The van der Waals surface area contributed by atoms with Crippen LogP contribution < -0.4 is 5.32 Å². The van der Waals surface area contributed by atoms with Gasteiger partial charge in [-0.05, 0) is 50.8 Å². The van der Waals surface area contributed by atoms with E-state index in [0.29, 0.717) is 18.7 Å². The molecule has 1 saturated heterocycles. The highest BCUT2D eigenvalue weighted by atomic mass is 19.1. The monoisotopic (exact) mass is 349 g/mol. The molecule has 0 aliphatic carbocycles. The molecule has 1 aliphatic rings. The molecule has 0 atom stereocenters. The molecule has 1 aliphatic heterocycles. The Morgan fingerprint density at radius 3 is 2.68 bits per heavy atom. The van der Waals surface area contributed by atoms with Crippen molar-refractivity contribution in [1.29, 1.82) is 0 Å². The van der Waals surface area contributed by atoms with E-state index in [1.54, 1.807) is 13.0 Å². The predicted molar refractivity (Wildman–Crippen MR) is 96.9 cm³/mol. The number of esters is 1. The summed E-state index contributed by atoms with van der Waals surface area (Å²) in [4.78, 5) is 18.7. The van der Waals surface area contributed by atoms with E-state index in [9.17, 15) is 9.18 Å². The number of likely N-dealkylation sites (tertiary alicyclic amines) is 1. The van der Waals surface area contributed by atoms with Crippen LogP contribution in [0.5, 0.6) is 0 Å². The molecule has 2 rings (SSSR count). The summed E-state index contributed by atoms with van der Waals surface area (Å²) in [6.07, 6.45) is 1.55. The van der Waals surface area contributed by atoms with E-state index in [0.717, 1.165) is 44.0 Å². The number of rotatable bonds is 5. The average Bonchev–Trinajstić information content (AvgIpc) is 2.62. The van der Waals surface area contributed by atoms with Crippen molar-refractivity contribution in [3.63, 3.8) is 0 Å². The van der Waals surface area contributed by atoms with Crippen molar-refractivity contribution in [2.75, 3.05) is 26.2 Å². The van der Waals surface area contributed by atoms with Crippen LogP contribution in [0.4, 0.5) is 4.39 Å². The quantitative estimate of drug-likeness (QED) is 0.505. The highest BCUT2D eigenvalue weighted by molar-refractivity contribution is 5.80. The Labute approximate surface area is 149 Å². The SMILES string of the molecule is CCNC(=NCc1ccc(F)c(C)c1)N1CCC(C(=O)OCC)CC1. The zero-order valence-electron chi connectivity index (χ0n) is 15.3. The van der Waals surface area contributed by atoms with Crippen molar-refractivity contribution in [2.45, 2.75) is 40.2 Å². The van der Waals surface area contributed by atoms with Crippen LogP contribution >= 0.6 is 0 Å². The number of halogens is 1. The number of carbonyl (C=O) groups is 1. The van der Waals surface area contributed by atoms with E-state index in [2.05, 4.69) is 15.2 Å². The fourth-order valence-electron chi connectivity index (χ4n) is 2.98. The minimum absolute atomic E-state index is 0.0150. The molecule has 138 valence electrons. The highest BCUT2D eigenvalue weighted by Crippen LogP contribution is 2.19. The van der Waals surface area contributed by atoms with Gasteiger partial charge >= 0.3 is 5.97 Å². The highest BCUT2D eigenvalue weighted by Gasteiger charge is 2.27. The van der Waals surface area contributed by atoms with Crippen LogP contribution in [0.2, 0.25) is 0 Å². The number of hydrogen-bond donors (Lipinski definition) is 1. The first-order chi connectivity index (χ1) is 12.0. The van der Waals surface area contributed by atoms with E-state index >= 15 is 0 Å². The second-order valence-electron chi connectivity index (χ2n) is 6.27. The number of guanidine groups is 1. The molecule has 1 aromatic carbocycles. The Morgan fingerprint density at radius 2 is 2.08 bits per heavy atom. The van der Waals surface area contributed by atoms with Crippen LogP contribution in [0, 0.1) is 18.7 Å². The smallest absolute Gasteiger partial charge is 0.309 e. The number of ether oxygens (including phenoxy) is 1. The van der Waals surface area contributed by atoms with Gasteiger partial charge in [-0.3, -0.25) is 4.79 Å². The normalized spacial score (nSPS) is 16.0. The van der Waals surface area contributed by atoms with E-state index < -0.39 is 0 Å². The molecule has 0 bridgehead atoms. The lowest BCUT2D eigenvalue weighted by molar-refractivity contribution is -0.149. The molecule has 0 amide bonds. The van der Waals surface area contributed by atoms with Gasteiger partial charge in [-0.1, -0.05) is 12.1 Å². The largest absolute Gasteiger partial charge is 0.466 e. The van der Waals surface area contributed by atoms with E-state index in [-0.39, 0.29) is 17.7 Å². The fraction of sp³-hybridized carbons (Fsp3) is 0.579. The number of aliphatic imine (C=N–C) groups is 1. The summed E-state index contributed by atoms with van der Waals surface area (Å²) in [6.45, 7) is 8.88. The van der Waals surface area contributed by atoms with Gasteiger partial charge in [0.25, 0.3) is 0 Å². The van der Waals surface area contributed by atoms with E-state index in [4.69, 9.17) is 4.74 Å². The first-order valence-corrected chi connectivity index (χ1v) is 9.00. The van der Waals surface area contributed by atoms with Crippen molar-refractivity contribution >= 4 is 11.9 Å². The van der Waals surface area contributed by atoms with Crippen molar-refractivity contribution in [3.05, 3.63) is 35.1 Å². The topological polar surface area (TPSA) is 53.9 Å². The van der Waals surface area contributed by atoms with Gasteiger partial charge < -0.3 is 15.0 Å². The fourth-order valence-corrected chi connectivity index (χ4v) is 2.98. The van der Waals surface area contributed by atoms with Crippen LogP contribution in [-0.4, -0.2) is 43.1 Å². The van der Waals surface area contributed by atoms with Crippen LogP contribution in [0.15, 0.2) is 23.2 Å². The maximum atomic E-state index is 13.4. The molecule has 0 aromatic heterocycles. The summed E-state index contributed by atoms with van der Waals surface area (Å²) >= 11 is 0. The summed E-state index contributed by atoms with van der Waals surface area (Å²) in [5.41, 5.74) is 1.61. The van der Waals surface area contributed by atoms with Gasteiger partial charge in [0.05, 0.1) is 19.1 Å². The van der Waals surface area contributed by atoms with Crippen LogP contribution in [0.1, 0.15) is 37.8 Å². The standard InChI is InChI=1S/C19H28FN3O2/c1-4-21-19(22-13-15-6-7-17(20)14(3)12-15)23-10-8-16(9-11-23)18(24)25-5-2/h6-7,12,16H,4-5,8-11,13H2,1-3H3,(H,21,22). The summed E-state index contributed by atoms with van der Waals surface area (Å²) in [6, 6.07) is 5.08. The average molecular weight is 349 g/mol. The molecule has 0 saturated carbocycles. The molecule has 5 nitrogen and oxygen atoms in total. The molecule has 0 radical (unpaired) electrons. The Kier molecular flexibility index (Phi) is 7.22. The first-order valence-electron chi connectivity index (χ1n) is 9.00. The lowest BCUT2D eigenvalue weighted by Gasteiger charge is -2.33. The number of aryl methyl sites for hydroxylation is 1. The zero-order valence-corrected chi connectivity index (χ0v) is 15.3. The summed E-state index contributed by atoms with van der Waals surface area (Å²) in [5.74, 6) is 0.539. The third-order valence-corrected chi connectivity index (χ3v) is 4.38. The molecule has 1 aromatic rings. The summed E-state index contributed by atoms with van der Waals surface area (Å²) in [7, 11) is 0. The molecular formula is C19H28FN3O2. The molecule has 0 unspecified atom stereocenters. The minimum Gasteiger partial charge on any atom is -0.466 e. The van der Waals surface area contributed by atoms with Gasteiger partial charge in [-0.25, -0.2) is 9.38 Å². The van der Waals surface area contributed by atoms with Crippen molar-refractivity contribution in [1.82, 2.24) is 10.2 Å². The molecule has 1 N–H and O–H groups in total. The number of piperidine rings is 1. The first kappa shape index (κ1) is 19.2. The molecule has 0 spiro atoms. The second-order valence-corrected chi connectivity index (χ2v) is 6.27. The molecule has 1 fully saturated rings. The molecule has 1 heterocycles. The Morgan fingerprint density at radius 1 is 1.36 bits per heavy atom. The number of carbonyl (C=O) groups excluding carboxylic acids is 1. The number of nitrogens with zero attached hydrogens (tertiary/aromatic N) is 2. The van der Waals surface area contributed by atoms with Crippen molar-refractivity contribution < 1.29 is 13.9 Å². The van der Waals surface area contributed by atoms with Gasteiger partial charge in [-0.2, -0.15) is 0 Å². The third-order valence-electron chi connectivity index (χ3n) is 4.38. The Balaban J connectivity index is 1.98. The third kappa shape index (κ3) is 5.44. The van der Waals surface area contributed by atoms with Crippen LogP contribution in [-0.2, 0) is 16.1 Å². The molecule has 6 heteroatoms. The second kappa shape index (κ2) is 9.39. The molecule has 25 heavy (non-hydrogen) atoms. The Bertz CT molecular complexity index is 611. The lowest BCUT2D eigenvalue weighted by atomic mass is 9.97. The summed E-state index contributed by atoms with van der Waals surface area (Å²) in [5, 5.41) is 3.30. The minimum atomic E-state index is -0.194. The zero-order chi connectivity index (χ0) is 18.2. The number of nitrogens with one attached hydrogen (secondary N) is 1. The summed E-state index contributed by atoms with van der Waals surface area (Å²) < 4.78 is 18.5. The van der Waals surface area contributed by atoms with Crippen LogP contribution in [0.25, 0.3) is 0 Å². The maximum Gasteiger partial charge on any atom is 0.309 e. The van der Waals surface area contributed by atoms with E-state index in [1.807, 2.05) is 19.9 Å². The predicted octanol–water partition coefficient (Wildman–Crippen LogP) is 2.87. The number of benzene rings is 1. The maximum absolute atomic E-state index is 13.4. The van der Waals surface area contributed by atoms with Gasteiger partial charge in [-0.15, -0.1) is 0 Å².